The number of allylic oxidation sites excluding steroid dienone is 1. The number of sulfonamides is 1. The summed E-state index contributed by atoms with van der Waals surface area (Å²) in [6.45, 7) is 9.67. The van der Waals surface area contributed by atoms with Gasteiger partial charge in [0.2, 0.25) is 21.8 Å². The smallest absolute Gasteiger partial charge is 0.294 e. The normalized spacial score (nSPS) is 13.4. The zero-order valence-electron chi connectivity index (χ0n) is 26.6. The summed E-state index contributed by atoms with van der Waals surface area (Å²) >= 11 is 0. The summed E-state index contributed by atoms with van der Waals surface area (Å²) in [7, 11) is -7.80. The minimum Gasteiger partial charge on any atom is -0.330 e. The van der Waals surface area contributed by atoms with E-state index < -0.39 is 43.8 Å². The Labute approximate surface area is 267 Å². The van der Waals surface area contributed by atoms with Crippen LogP contribution in [-0.2, 0) is 29.7 Å². The molecule has 0 aliphatic carbocycles. The fourth-order valence-electron chi connectivity index (χ4n) is 4.27. The number of amides is 2. The monoisotopic (exact) mass is 668 g/mol. The van der Waals surface area contributed by atoms with E-state index in [-0.39, 0.29) is 48.4 Å². The van der Waals surface area contributed by atoms with Crippen LogP contribution in [0.3, 0.4) is 0 Å². The first-order chi connectivity index (χ1) is 21.0. The van der Waals surface area contributed by atoms with Gasteiger partial charge in [0.05, 0.1) is 22.5 Å². The van der Waals surface area contributed by atoms with E-state index in [9.17, 15) is 31.6 Å². The van der Waals surface area contributed by atoms with Crippen LogP contribution in [0.2, 0.25) is 0 Å². The van der Waals surface area contributed by atoms with Crippen LogP contribution in [-0.4, -0.2) is 61.7 Å². The van der Waals surface area contributed by atoms with Gasteiger partial charge in [0.25, 0.3) is 10.1 Å². The van der Waals surface area contributed by atoms with E-state index in [1.54, 1.807) is 23.7 Å². The molecule has 2 aromatic carbocycles. The van der Waals surface area contributed by atoms with Crippen LogP contribution in [0, 0.1) is 30.6 Å². The average Bonchev–Trinajstić information content (AvgIpc) is 2.97. The van der Waals surface area contributed by atoms with Crippen LogP contribution in [0.25, 0.3) is 6.08 Å². The van der Waals surface area contributed by atoms with Gasteiger partial charge in [0.15, 0.2) is 0 Å². The van der Waals surface area contributed by atoms with Crippen molar-refractivity contribution >= 4 is 38.0 Å². The maximum absolute atomic E-state index is 13.4. The lowest BCUT2D eigenvalue weighted by Gasteiger charge is -2.30. The molecule has 252 valence electrons. The number of carbonyl (C=O) groups excluding carboxylic acids is 2. The van der Waals surface area contributed by atoms with Crippen molar-refractivity contribution in [2.24, 2.45) is 29.4 Å². The maximum Gasteiger partial charge on any atom is 0.294 e. The van der Waals surface area contributed by atoms with Crippen molar-refractivity contribution in [3.8, 4) is 0 Å². The summed E-state index contributed by atoms with van der Waals surface area (Å²) < 4.78 is 56.2. The summed E-state index contributed by atoms with van der Waals surface area (Å²) in [4.78, 5) is 25.9. The molecule has 2 amide bonds. The summed E-state index contributed by atoms with van der Waals surface area (Å²) in [6.07, 6.45) is 4.41. The van der Waals surface area contributed by atoms with Gasteiger partial charge >= 0.3 is 0 Å². The molecule has 6 N–H and O–H groups in total. The van der Waals surface area contributed by atoms with Gasteiger partial charge < -0.3 is 5.73 Å². The van der Waals surface area contributed by atoms with Crippen LogP contribution in [0.5, 0.6) is 0 Å². The lowest BCUT2D eigenvalue weighted by Crippen LogP contribution is -2.52. The van der Waals surface area contributed by atoms with Crippen molar-refractivity contribution in [1.29, 1.82) is 0 Å². The molecule has 0 fully saturated rings. The molecular formula is C31H48N4O8S2. The van der Waals surface area contributed by atoms with Gasteiger partial charge in [-0.15, -0.1) is 4.41 Å². The summed E-state index contributed by atoms with van der Waals surface area (Å²) in [5, 5.41) is 9.34. The third-order valence-corrected chi connectivity index (χ3v) is 9.11. The van der Waals surface area contributed by atoms with Crippen LogP contribution >= 0.6 is 0 Å². The summed E-state index contributed by atoms with van der Waals surface area (Å²) in [6, 6.07) is 15.5. The number of nitrogens with one attached hydrogen (secondary N) is 2. The molecule has 12 nitrogen and oxygen atoms in total. The predicted octanol–water partition coefficient (Wildman–Crippen LogP) is 3.78. The average molecular weight is 669 g/mol. The predicted molar refractivity (Wildman–Crippen MR) is 175 cm³/mol. The summed E-state index contributed by atoms with van der Waals surface area (Å²) in [5.74, 6) is -3.19. The summed E-state index contributed by atoms with van der Waals surface area (Å²) in [5.41, 5.74) is 11.6. The molecule has 0 radical (unpaired) electrons. The Morgan fingerprint density at radius 1 is 0.911 bits per heavy atom. The largest absolute Gasteiger partial charge is 0.330 e. The van der Waals surface area contributed by atoms with Crippen molar-refractivity contribution in [3.05, 3.63) is 71.8 Å². The lowest BCUT2D eigenvalue weighted by atomic mass is 9.82. The Kier molecular flexibility index (Phi) is 17.2. The molecule has 0 unspecified atom stereocenters. The fourth-order valence-corrected chi connectivity index (χ4v) is 6.25. The fraction of sp³-hybridized carbons (Fsp3) is 0.484. The molecule has 2 rings (SSSR count). The molecule has 0 saturated carbocycles. The molecular weight excluding hydrogens is 620 g/mol. The van der Waals surface area contributed by atoms with E-state index in [1.807, 2.05) is 71.0 Å². The Hall–Kier alpha value is -3.14. The molecule has 0 aliphatic rings. The van der Waals surface area contributed by atoms with Gasteiger partial charge in [-0.1, -0.05) is 87.9 Å². The molecule has 2 aromatic rings. The van der Waals surface area contributed by atoms with Crippen LogP contribution in [0.4, 0.5) is 0 Å². The molecule has 0 bridgehead atoms. The number of nitrogens with two attached hydrogens (primary N) is 1. The molecule has 0 heterocycles. The zero-order chi connectivity index (χ0) is 34.2. The Morgan fingerprint density at radius 2 is 1.51 bits per heavy atom. The number of hydroxylamine groups is 1. The minimum atomic E-state index is -4.02. The number of carbonyl (C=O) groups is 2. The number of rotatable bonds is 16. The topological polar surface area (TPSA) is 196 Å². The highest BCUT2D eigenvalue weighted by Crippen LogP contribution is 2.26. The van der Waals surface area contributed by atoms with E-state index in [1.165, 1.54) is 12.1 Å². The van der Waals surface area contributed by atoms with Crippen LogP contribution in [0.1, 0.15) is 58.1 Å². The Balaban J connectivity index is 0.000000768. The van der Waals surface area contributed by atoms with Crippen LogP contribution < -0.4 is 16.6 Å². The van der Waals surface area contributed by atoms with Crippen molar-refractivity contribution < 1.29 is 36.2 Å². The Bertz CT molecular complexity index is 1430. The SMILES string of the molecule is CC(C)C[C@@H](C(=O)NN(CC(C)C)S(=O)(=O)CCCN)[C@H](CC=Cc1ccccc1)C(=O)NO.Cc1ccc(S(=O)(=O)O)cc1. The molecule has 2 atom stereocenters. The quantitative estimate of drug-likeness (QED) is 0.100. The van der Waals surface area contributed by atoms with Crippen molar-refractivity contribution in [3.63, 3.8) is 0 Å². The Morgan fingerprint density at radius 3 is 2.00 bits per heavy atom. The lowest BCUT2D eigenvalue weighted by molar-refractivity contribution is -0.141. The van der Waals surface area contributed by atoms with Gasteiger partial charge in [-0.3, -0.25) is 24.8 Å². The highest BCUT2D eigenvalue weighted by atomic mass is 32.2. The first-order valence-corrected chi connectivity index (χ1v) is 17.8. The van der Waals surface area contributed by atoms with Crippen molar-refractivity contribution in [2.75, 3.05) is 18.8 Å². The second kappa shape index (κ2) is 19.4. The third kappa shape index (κ3) is 15.1. The molecule has 0 aromatic heterocycles. The molecule has 14 heteroatoms. The van der Waals surface area contributed by atoms with Gasteiger partial charge in [-0.2, -0.15) is 8.42 Å². The number of aryl methyl sites for hydroxylation is 1. The second-order valence-corrected chi connectivity index (χ2v) is 14.9. The van der Waals surface area contributed by atoms with Crippen molar-refractivity contribution in [1.82, 2.24) is 15.3 Å². The highest BCUT2D eigenvalue weighted by molar-refractivity contribution is 7.89. The first-order valence-electron chi connectivity index (χ1n) is 14.7. The molecule has 0 saturated heterocycles. The molecule has 45 heavy (non-hydrogen) atoms. The van der Waals surface area contributed by atoms with E-state index in [0.717, 1.165) is 15.5 Å². The second-order valence-electron chi connectivity index (χ2n) is 11.5. The van der Waals surface area contributed by atoms with E-state index >= 15 is 0 Å². The molecule has 0 aliphatic heterocycles. The van der Waals surface area contributed by atoms with Gasteiger partial charge in [-0.05, 0) is 62.3 Å². The number of hydrogen-bond donors (Lipinski definition) is 5. The van der Waals surface area contributed by atoms with Gasteiger partial charge in [-0.25, -0.2) is 13.9 Å². The number of hydrogen-bond acceptors (Lipinski definition) is 8. The third-order valence-electron chi connectivity index (χ3n) is 6.52. The van der Waals surface area contributed by atoms with Gasteiger partial charge in [0.1, 0.15) is 0 Å². The number of nitrogens with zero attached hydrogens (tertiary/aromatic N) is 1. The van der Waals surface area contributed by atoms with Gasteiger partial charge in [0, 0.05) is 6.54 Å². The minimum absolute atomic E-state index is 0.0400. The first kappa shape index (κ1) is 39.9. The zero-order valence-corrected chi connectivity index (χ0v) is 28.2. The number of benzene rings is 2. The maximum atomic E-state index is 13.4. The molecule has 0 spiro atoms. The van der Waals surface area contributed by atoms with E-state index in [4.69, 9.17) is 10.3 Å². The van der Waals surface area contributed by atoms with Crippen molar-refractivity contribution in [2.45, 2.75) is 58.8 Å². The number of hydrazine groups is 1. The van der Waals surface area contributed by atoms with E-state index in [2.05, 4.69) is 5.43 Å². The van der Waals surface area contributed by atoms with Crippen LogP contribution in [0.15, 0.2) is 65.6 Å². The van der Waals surface area contributed by atoms with E-state index in [0.29, 0.717) is 6.42 Å². The highest BCUT2D eigenvalue weighted by Gasteiger charge is 2.36. The standard InChI is InChI=1S/C24H40N4O5S.C7H8O3S/c1-18(2)16-22(21(24(30)27-31)13-8-12-20-10-6-5-7-11-20)23(29)26-28(17-19(3)4)34(32,33)15-9-14-25;1-6-2-4-7(5-3-6)11(8,9)10/h5-8,10-12,18-19,21-22,31H,9,13-17,25H2,1-4H3,(H,26,29)(H,27,30);2-5H,1H3,(H,8,9,10)/t21-,22+;/m0./s1.